The number of carbonyl (C=O) groups is 1. The van der Waals surface area contributed by atoms with Crippen LogP contribution >= 0.6 is 11.8 Å². The summed E-state index contributed by atoms with van der Waals surface area (Å²) in [6, 6.07) is 8.08. The Morgan fingerprint density at radius 3 is 2.61 bits per heavy atom. The number of nitriles is 1. The minimum atomic E-state index is -0.291. The summed E-state index contributed by atoms with van der Waals surface area (Å²) >= 11 is 1.28. The first-order chi connectivity index (χ1) is 13.4. The molecule has 0 aliphatic rings. The monoisotopic (exact) mass is 401 g/mol. The molecule has 0 saturated heterocycles. The quantitative estimate of drug-likeness (QED) is 0.506. The lowest BCUT2D eigenvalue weighted by Gasteiger charge is -2.11. The maximum absolute atomic E-state index is 12.8. The fraction of sp³-hybridized carbons (Fsp3) is 0.381. The second-order valence-corrected chi connectivity index (χ2v) is 7.35. The van der Waals surface area contributed by atoms with Gasteiger partial charge < -0.3 is 10.1 Å². The number of halogens is 1. The number of unbranched alkanes of at least 4 members (excludes halogenated alkanes) is 1. The van der Waals surface area contributed by atoms with Gasteiger partial charge in [-0.1, -0.05) is 11.8 Å². The van der Waals surface area contributed by atoms with Crippen molar-refractivity contribution in [3.8, 4) is 11.8 Å². The highest BCUT2D eigenvalue weighted by Crippen LogP contribution is 2.26. The van der Waals surface area contributed by atoms with Gasteiger partial charge in [0.2, 0.25) is 5.91 Å². The molecule has 7 heteroatoms. The maximum atomic E-state index is 12.8. The van der Waals surface area contributed by atoms with E-state index in [0.717, 1.165) is 29.7 Å². The van der Waals surface area contributed by atoms with Crippen LogP contribution in [0.4, 0.5) is 4.39 Å². The van der Waals surface area contributed by atoms with E-state index in [1.165, 1.54) is 23.9 Å². The van der Waals surface area contributed by atoms with Crippen LogP contribution in [0.3, 0.4) is 0 Å². The Morgan fingerprint density at radius 2 is 1.93 bits per heavy atom. The number of rotatable bonds is 9. The number of hydrogen-bond donors (Lipinski definition) is 1. The molecule has 0 bridgehead atoms. The van der Waals surface area contributed by atoms with Crippen LogP contribution in [0.1, 0.15) is 35.2 Å². The molecule has 1 heterocycles. The average Bonchev–Trinajstić information content (AvgIpc) is 2.68. The van der Waals surface area contributed by atoms with Crippen molar-refractivity contribution < 1.29 is 13.9 Å². The molecule has 5 nitrogen and oxygen atoms in total. The van der Waals surface area contributed by atoms with E-state index in [1.54, 1.807) is 12.1 Å². The van der Waals surface area contributed by atoms with Gasteiger partial charge in [-0.3, -0.25) is 4.79 Å². The Balaban J connectivity index is 1.68. The number of carbonyl (C=O) groups excluding carboxylic acids is 1. The predicted octanol–water partition coefficient (Wildman–Crippen LogP) is 4.09. The molecular weight excluding hydrogens is 377 g/mol. The number of aryl methyl sites for hydroxylation is 1. The average molecular weight is 402 g/mol. The number of aromatic nitrogens is 1. The van der Waals surface area contributed by atoms with E-state index in [9.17, 15) is 14.4 Å². The molecule has 0 atom stereocenters. The summed E-state index contributed by atoms with van der Waals surface area (Å²) < 4.78 is 18.3. The molecule has 0 aliphatic carbocycles. The van der Waals surface area contributed by atoms with Crippen molar-refractivity contribution in [1.29, 1.82) is 5.26 Å². The van der Waals surface area contributed by atoms with Crippen molar-refractivity contribution in [3.05, 3.63) is 52.5 Å². The lowest BCUT2D eigenvalue weighted by atomic mass is 10.1. The van der Waals surface area contributed by atoms with Crippen LogP contribution in [0.25, 0.3) is 0 Å². The molecule has 0 radical (unpaired) electrons. The molecule has 1 aromatic heterocycles. The summed E-state index contributed by atoms with van der Waals surface area (Å²) in [5.74, 6) is 0.466. The fourth-order valence-electron chi connectivity index (χ4n) is 2.51. The number of thioether (sulfide) groups is 1. The smallest absolute Gasteiger partial charge is 0.230 e. The van der Waals surface area contributed by atoms with Crippen LogP contribution in [0, 0.1) is 37.9 Å². The normalized spacial score (nSPS) is 10.4. The summed E-state index contributed by atoms with van der Waals surface area (Å²) in [5.41, 5.74) is 3.34. The van der Waals surface area contributed by atoms with Crippen molar-refractivity contribution in [3.63, 3.8) is 0 Å². The first kappa shape index (κ1) is 21.7. The SMILES string of the molecule is Cc1nc(SCC(=O)NCCCCOc2ccc(F)cc2)c(C#N)c(C)c1C. The Hall–Kier alpha value is -2.59. The highest BCUT2D eigenvalue weighted by Gasteiger charge is 2.14. The van der Waals surface area contributed by atoms with E-state index in [1.807, 2.05) is 20.8 Å². The van der Waals surface area contributed by atoms with Crippen molar-refractivity contribution in [2.24, 2.45) is 0 Å². The Bertz CT molecular complexity index is 863. The number of benzene rings is 1. The molecule has 0 fully saturated rings. The molecule has 0 unspecified atom stereocenters. The molecule has 0 spiro atoms. The Labute approximate surface area is 169 Å². The van der Waals surface area contributed by atoms with E-state index >= 15 is 0 Å². The largest absolute Gasteiger partial charge is 0.494 e. The number of hydrogen-bond acceptors (Lipinski definition) is 5. The predicted molar refractivity (Wildman–Crippen MR) is 108 cm³/mol. The third kappa shape index (κ3) is 6.24. The van der Waals surface area contributed by atoms with Crippen LogP contribution in [0.5, 0.6) is 5.75 Å². The van der Waals surface area contributed by atoms with Gasteiger partial charge in [0, 0.05) is 12.2 Å². The molecule has 2 rings (SSSR count). The lowest BCUT2D eigenvalue weighted by molar-refractivity contribution is -0.118. The number of nitrogens with one attached hydrogen (secondary N) is 1. The number of ether oxygens (including phenoxy) is 1. The third-order valence-corrected chi connectivity index (χ3v) is 5.37. The van der Waals surface area contributed by atoms with Crippen molar-refractivity contribution in [1.82, 2.24) is 10.3 Å². The van der Waals surface area contributed by atoms with Gasteiger partial charge in [-0.15, -0.1) is 0 Å². The van der Waals surface area contributed by atoms with E-state index in [0.29, 0.717) is 29.5 Å². The Kier molecular flexibility index (Phi) is 8.27. The summed E-state index contributed by atoms with van der Waals surface area (Å²) in [7, 11) is 0. The molecule has 28 heavy (non-hydrogen) atoms. The summed E-state index contributed by atoms with van der Waals surface area (Å²) in [5, 5.41) is 12.8. The maximum Gasteiger partial charge on any atom is 0.230 e. The number of nitrogens with zero attached hydrogens (tertiary/aromatic N) is 2. The molecule has 1 amide bonds. The highest BCUT2D eigenvalue weighted by atomic mass is 32.2. The standard InChI is InChI=1S/C21H24FN3O2S/c1-14-15(2)19(12-23)21(25-16(14)3)28-13-20(26)24-10-4-5-11-27-18-8-6-17(22)7-9-18/h6-9H,4-5,10-11,13H2,1-3H3,(H,24,26). The number of amides is 1. The zero-order valence-corrected chi connectivity index (χ0v) is 17.2. The molecule has 1 aromatic carbocycles. The second kappa shape index (κ2) is 10.7. The third-order valence-electron chi connectivity index (χ3n) is 4.39. The van der Waals surface area contributed by atoms with Crippen molar-refractivity contribution in [2.45, 2.75) is 38.6 Å². The van der Waals surface area contributed by atoms with Gasteiger partial charge >= 0.3 is 0 Å². The summed E-state index contributed by atoms with van der Waals surface area (Å²) in [4.78, 5) is 16.5. The molecule has 1 N–H and O–H groups in total. The van der Waals surface area contributed by atoms with Crippen molar-refractivity contribution >= 4 is 17.7 Å². The first-order valence-corrected chi connectivity index (χ1v) is 10.1. The topological polar surface area (TPSA) is 75.0 Å². The first-order valence-electron chi connectivity index (χ1n) is 9.08. The lowest BCUT2D eigenvalue weighted by Crippen LogP contribution is -2.26. The van der Waals surface area contributed by atoms with Crippen LogP contribution in [-0.4, -0.2) is 29.8 Å². The van der Waals surface area contributed by atoms with E-state index < -0.39 is 0 Å². The van der Waals surface area contributed by atoms with E-state index in [-0.39, 0.29) is 17.5 Å². The minimum absolute atomic E-state index is 0.0916. The Morgan fingerprint density at radius 1 is 1.21 bits per heavy atom. The van der Waals surface area contributed by atoms with E-state index in [2.05, 4.69) is 16.4 Å². The highest BCUT2D eigenvalue weighted by molar-refractivity contribution is 8.00. The zero-order valence-electron chi connectivity index (χ0n) is 16.3. The van der Waals surface area contributed by atoms with Gasteiger partial charge in [0.15, 0.2) is 0 Å². The van der Waals surface area contributed by atoms with Crippen LogP contribution in [0.2, 0.25) is 0 Å². The van der Waals surface area contributed by atoms with Crippen LogP contribution in [0.15, 0.2) is 29.3 Å². The fourth-order valence-corrected chi connectivity index (χ4v) is 3.42. The number of pyridine rings is 1. The summed E-state index contributed by atoms with van der Waals surface area (Å²) in [6.07, 6.45) is 1.56. The molecule has 2 aromatic rings. The zero-order chi connectivity index (χ0) is 20.5. The van der Waals surface area contributed by atoms with Gasteiger partial charge in [-0.05, 0) is 69.0 Å². The minimum Gasteiger partial charge on any atom is -0.494 e. The second-order valence-electron chi connectivity index (χ2n) is 6.39. The van der Waals surface area contributed by atoms with Gasteiger partial charge in [-0.2, -0.15) is 5.26 Å². The van der Waals surface area contributed by atoms with Gasteiger partial charge in [0.25, 0.3) is 0 Å². The van der Waals surface area contributed by atoms with Crippen molar-refractivity contribution in [2.75, 3.05) is 18.9 Å². The van der Waals surface area contributed by atoms with Gasteiger partial charge in [0.05, 0.1) is 17.9 Å². The van der Waals surface area contributed by atoms with E-state index in [4.69, 9.17) is 4.74 Å². The van der Waals surface area contributed by atoms with Gasteiger partial charge in [0.1, 0.15) is 22.7 Å². The van der Waals surface area contributed by atoms with Gasteiger partial charge in [-0.25, -0.2) is 9.37 Å². The molecular formula is C21H24FN3O2S. The summed E-state index contributed by atoms with van der Waals surface area (Å²) in [6.45, 7) is 6.81. The van der Waals surface area contributed by atoms with Crippen LogP contribution in [-0.2, 0) is 4.79 Å². The molecule has 0 aliphatic heterocycles. The van der Waals surface area contributed by atoms with Crippen LogP contribution < -0.4 is 10.1 Å². The molecule has 0 saturated carbocycles. The molecule has 148 valence electrons.